The first kappa shape index (κ1) is 20.0. The summed E-state index contributed by atoms with van der Waals surface area (Å²) in [4.78, 5) is 0. The van der Waals surface area contributed by atoms with E-state index in [2.05, 4.69) is 47.3 Å². The molecule has 2 atom stereocenters. The van der Waals surface area contributed by atoms with E-state index >= 15 is 0 Å². The van der Waals surface area contributed by atoms with Crippen LogP contribution in [0, 0.1) is 28.1 Å². The molecule has 0 saturated carbocycles. The van der Waals surface area contributed by atoms with Crippen LogP contribution in [0.2, 0.25) is 0 Å². The van der Waals surface area contributed by atoms with Crippen LogP contribution in [0.5, 0.6) is 0 Å². The molecule has 2 saturated heterocycles. The van der Waals surface area contributed by atoms with Gasteiger partial charge in [-0.1, -0.05) is 40.7 Å². The predicted molar refractivity (Wildman–Crippen MR) is 102 cm³/mol. The van der Waals surface area contributed by atoms with Crippen LogP contribution in [-0.2, 0) is 9.47 Å². The number of hydrogen-bond donors (Lipinski definition) is 0. The van der Waals surface area contributed by atoms with Crippen LogP contribution >= 0.6 is 0 Å². The van der Waals surface area contributed by atoms with Crippen LogP contribution in [0.1, 0.15) is 73.1 Å². The Hall–Kier alpha value is -0.340. The van der Waals surface area contributed by atoms with Crippen molar-refractivity contribution in [3.05, 3.63) is 12.7 Å². The molecule has 24 heavy (non-hydrogen) atoms. The molecule has 0 amide bonds. The summed E-state index contributed by atoms with van der Waals surface area (Å²) in [7, 11) is 0. The van der Waals surface area contributed by atoms with Crippen molar-refractivity contribution in [1.29, 1.82) is 0 Å². The first-order valence-corrected chi connectivity index (χ1v) is 9.95. The van der Waals surface area contributed by atoms with Gasteiger partial charge in [0.05, 0.1) is 13.2 Å². The second kappa shape index (κ2) is 7.91. The number of rotatable bonds is 10. The maximum absolute atomic E-state index is 5.64. The summed E-state index contributed by atoms with van der Waals surface area (Å²) in [6.07, 6.45) is 9.62. The third-order valence-corrected chi connectivity index (χ3v) is 7.07. The van der Waals surface area contributed by atoms with E-state index in [0.717, 1.165) is 44.7 Å². The molecule has 0 spiro atoms. The van der Waals surface area contributed by atoms with Crippen LogP contribution in [0.25, 0.3) is 0 Å². The molecular formula is C22H40O2. The van der Waals surface area contributed by atoms with E-state index in [1.807, 2.05) is 0 Å². The quantitative estimate of drug-likeness (QED) is 0.465. The minimum absolute atomic E-state index is 0.364. The van der Waals surface area contributed by atoms with Gasteiger partial charge in [-0.05, 0) is 60.7 Å². The standard InChI is InChI=1S/C22H40O2/c1-7-9-20(2,3)10-12-22(6,19-16-24-17-19)13-11-21(4,5)18-8-14-23-15-18/h7,18-19H,1,8-17H2,2-6H3. The molecule has 2 aliphatic heterocycles. The minimum Gasteiger partial charge on any atom is -0.381 e. The highest BCUT2D eigenvalue weighted by molar-refractivity contribution is 4.92. The summed E-state index contributed by atoms with van der Waals surface area (Å²) in [5.74, 6) is 1.48. The lowest BCUT2D eigenvalue weighted by Crippen LogP contribution is -2.43. The fraction of sp³-hybridized carbons (Fsp3) is 0.909. The molecular weight excluding hydrogens is 296 g/mol. The molecule has 2 unspecified atom stereocenters. The monoisotopic (exact) mass is 336 g/mol. The maximum Gasteiger partial charge on any atom is 0.0521 e. The van der Waals surface area contributed by atoms with E-state index in [4.69, 9.17) is 9.47 Å². The molecule has 0 aliphatic carbocycles. The number of hydrogen-bond acceptors (Lipinski definition) is 2. The van der Waals surface area contributed by atoms with Gasteiger partial charge in [0.15, 0.2) is 0 Å². The average molecular weight is 337 g/mol. The van der Waals surface area contributed by atoms with Gasteiger partial charge in [0.25, 0.3) is 0 Å². The van der Waals surface area contributed by atoms with E-state index in [1.165, 1.54) is 32.1 Å². The lowest BCUT2D eigenvalue weighted by molar-refractivity contribution is -0.105. The van der Waals surface area contributed by atoms with Gasteiger partial charge in [-0.2, -0.15) is 0 Å². The Labute approximate surface area is 150 Å². The molecule has 140 valence electrons. The summed E-state index contributed by atoms with van der Waals surface area (Å²) >= 11 is 0. The van der Waals surface area contributed by atoms with Crippen molar-refractivity contribution in [2.75, 3.05) is 26.4 Å². The first-order chi connectivity index (χ1) is 11.2. The van der Waals surface area contributed by atoms with E-state index in [1.54, 1.807) is 0 Å². The van der Waals surface area contributed by atoms with Gasteiger partial charge in [0.1, 0.15) is 0 Å². The molecule has 2 heteroatoms. The fourth-order valence-corrected chi connectivity index (χ4v) is 4.25. The maximum atomic E-state index is 5.64. The molecule has 2 rings (SSSR count). The zero-order chi connectivity index (χ0) is 17.8. The van der Waals surface area contributed by atoms with Crippen molar-refractivity contribution in [2.45, 2.75) is 73.1 Å². The molecule has 0 aromatic heterocycles. The molecule has 0 aromatic rings. The molecule has 2 aliphatic rings. The molecule has 0 bridgehead atoms. The Morgan fingerprint density at radius 3 is 2.00 bits per heavy atom. The highest BCUT2D eigenvalue weighted by Gasteiger charge is 2.42. The average Bonchev–Trinajstić information content (AvgIpc) is 2.97. The molecule has 2 fully saturated rings. The zero-order valence-electron chi connectivity index (χ0n) is 16.8. The Kier molecular flexibility index (Phi) is 6.58. The topological polar surface area (TPSA) is 18.5 Å². The smallest absolute Gasteiger partial charge is 0.0521 e. The van der Waals surface area contributed by atoms with Gasteiger partial charge in [-0.25, -0.2) is 0 Å². The second-order valence-electron chi connectivity index (χ2n) is 10.1. The first-order valence-electron chi connectivity index (χ1n) is 9.95. The van der Waals surface area contributed by atoms with Crippen molar-refractivity contribution in [1.82, 2.24) is 0 Å². The lowest BCUT2D eigenvalue weighted by Gasteiger charge is -2.46. The molecule has 2 heterocycles. The van der Waals surface area contributed by atoms with Gasteiger partial charge in [0.2, 0.25) is 0 Å². The number of ether oxygens (including phenoxy) is 2. The van der Waals surface area contributed by atoms with Crippen molar-refractivity contribution in [3.63, 3.8) is 0 Å². The Morgan fingerprint density at radius 2 is 1.50 bits per heavy atom. The van der Waals surface area contributed by atoms with Gasteiger partial charge in [-0.15, -0.1) is 6.58 Å². The zero-order valence-corrected chi connectivity index (χ0v) is 16.8. The number of allylic oxidation sites excluding steroid dienone is 1. The minimum atomic E-state index is 0.364. The van der Waals surface area contributed by atoms with Gasteiger partial charge in [-0.3, -0.25) is 0 Å². The summed E-state index contributed by atoms with van der Waals surface area (Å²) in [6.45, 7) is 20.0. The van der Waals surface area contributed by atoms with Crippen LogP contribution in [0.3, 0.4) is 0 Å². The van der Waals surface area contributed by atoms with Crippen LogP contribution in [0.4, 0.5) is 0 Å². The van der Waals surface area contributed by atoms with E-state index < -0.39 is 0 Å². The third-order valence-electron chi connectivity index (χ3n) is 7.07. The fourth-order valence-electron chi connectivity index (χ4n) is 4.25. The SMILES string of the molecule is C=CCC(C)(C)CCC(C)(CCC(C)(C)C1CCOC1)C1COC1. The second-order valence-corrected chi connectivity index (χ2v) is 10.1. The largest absolute Gasteiger partial charge is 0.381 e. The Morgan fingerprint density at radius 1 is 0.875 bits per heavy atom. The van der Waals surface area contributed by atoms with Gasteiger partial charge < -0.3 is 9.47 Å². The van der Waals surface area contributed by atoms with Crippen LogP contribution in [-0.4, -0.2) is 26.4 Å². The highest BCUT2D eigenvalue weighted by atomic mass is 16.5. The normalized spacial score (nSPS) is 25.3. The highest BCUT2D eigenvalue weighted by Crippen LogP contribution is 2.48. The lowest BCUT2D eigenvalue weighted by atomic mass is 9.63. The van der Waals surface area contributed by atoms with Crippen LogP contribution < -0.4 is 0 Å². The predicted octanol–water partition coefficient (Wildman–Crippen LogP) is 5.86. The van der Waals surface area contributed by atoms with Crippen molar-refractivity contribution >= 4 is 0 Å². The van der Waals surface area contributed by atoms with Gasteiger partial charge >= 0.3 is 0 Å². The van der Waals surface area contributed by atoms with Crippen molar-refractivity contribution < 1.29 is 9.47 Å². The Balaban J connectivity index is 1.95. The third kappa shape index (κ3) is 5.08. The van der Waals surface area contributed by atoms with E-state index in [-0.39, 0.29) is 0 Å². The summed E-state index contributed by atoms with van der Waals surface area (Å²) in [6, 6.07) is 0. The van der Waals surface area contributed by atoms with Crippen molar-refractivity contribution in [3.8, 4) is 0 Å². The summed E-state index contributed by atoms with van der Waals surface area (Å²) in [5, 5.41) is 0. The summed E-state index contributed by atoms with van der Waals surface area (Å²) < 4.78 is 11.2. The molecule has 2 nitrogen and oxygen atoms in total. The van der Waals surface area contributed by atoms with Crippen LogP contribution in [0.15, 0.2) is 12.7 Å². The molecule has 0 N–H and O–H groups in total. The van der Waals surface area contributed by atoms with Gasteiger partial charge in [0, 0.05) is 19.1 Å². The van der Waals surface area contributed by atoms with E-state index in [9.17, 15) is 0 Å². The Bertz CT molecular complexity index is 402. The van der Waals surface area contributed by atoms with E-state index in [0.29, 0.717) is 16.2 Å². The molecule has 0 radical (unpaired) electrons. The van der Waals surface area contributed by atoms with Crippen molar-refractivity contribution in [2.24, 2.45) is 28.1 Å². The summed E-state index contributed by atoms with van der Waals surface area (Å²) in [5.41, 5.74) is 1.16. The molecule has 0 aromatic carbocycles.